The molecule has 2 aromatic carbocycles. The minimum Gasteiger partial charge on any atom is -0.397 e. The SMILES string of the molecule is Nc1cccc2[nH]c(C3(c4ccccc4)CC3)nc12. The van der Waals surface area contributed by atoms with E-state index >= 15 is 0 Å². The number of H-pyrrole nitrogens is 1. The van der Waals surface area contributed by atoms with E-state index in [0.29, 0.717) is 0 Å². The van der Waals surface area contributed by atoms with Crippen molar-refractivity contribution in [1.82, 2.24) is 9.97 Å². The maximum Gasteiger partial charge on any atom is 0.118 e. The van der Waals surface area contributed by atoms with Gasteiger partial charge in [-0.15, -0.1) is 0 Å². The number of nitrogens with one attached hydrogen (secondary N) is 1. The second-order valence-corrected chi connectivity index (χ2v) is 5.28. The van der Waals surface area contributed by atoms with Gasteiger partial charge in [0.2, 0.25) is 0 Å². The fraction of sp³-hybridized carbons (Fsp3) is 0.188. The number of hydrogen-bond donors (Lipinski definition) is 2. The van der Waals surface area contributed by atoms with E-state index in [-0.39, 0.29) is 5.41 Å². The summed E-state index contributed by atoms with van der Waals surface area (Å²) >= 11 is 0. The molecule has 1 aliphatic carbocycles. The van der Waals surface area contributed by atoms with Crippen molar-refractivity contribution in [2.75, 3.05) is 5.73 Å². The maximum absolute atomic E-state index is 5.99. The minimum absolute atomic E-state index is 0.0761. The first-order valence-electron chi connectivity index (χ1n) is 6.60. The molecule has 0 aliphatic heterocycles. The van der Waals surface area contributed by atoms with Crippen LogP contribution in [-0.2, 0) is 5.41 Å². The molecule has 0 atom stereocenters. The van der Waals surface area contributed by atoms with Crippen LogP contribution in [0.25, 0.3) is 11.0 Å². The molecule has 94 valence electrons. The normalized spacial score (nSPS) is 16.6. The number of imidazole rings is 1. The Hall–Kier alpha value is -2.29. The molecule has 1 fully saturated rings. The van der Waals surface area contributed by atoms with Crippen molar-refractivity contribution >= 4 is 16.7 Å². The van der Waals surface area contributed by atoms with Crippen LogP contribution in [0.3, 0.4) is 0 Å². The Morgan fingerprint density at radius 3 is 2.47 bits per heavy atom. The summed E-state index contributed by atoms with van der Waals surface area (Å²) in [7, 11) is 0. The van der Waals surface area contributed by atoms with E-state index in [0.717, 1.165) is 35.4 Å². The molecule has 3 aromatic rings. The summed E-state index contributed by atoms with van der Waals surface area (Å²) in [6, 6.07) is 16.5. The Morgan fingerprint density at radius 2 is 1.79 bits per heavy atom. The van der Waals surface area contributed by atoms with Crippen LogP contribution in [0.15, 0.2) is 48.5 Å². The van der Waals surface area contributed by atoms with Crippen molar-refractivity contribution in [2.24, 2.45) is 0 Å². The van der Waals surface area contributed by atoms with Crippen LogP contribution in [0.2, 0.25) is 0 Å². The standard InChI is InChI=1S/C16H15N3/c17-12-7-4-8-13-14(12)19-15(18-13)16(9-10-16)11-5-2-1-3-6-11/h1-8H,9-10,17H2,(H,18,19). The summed E-state index contributed by atoms with van der Waals surface area (Å²) in [4.78, 5) is 8.19. The van der Waals surface area contributed by atoms with Gasteiger partial charge in [-0.1, -0.05) is 36.4 Å². The van der Waals surface area contributed by atoms with Crippen LogP contribution in [0, 0.1) is 0 Å². The number of nitrogens with zero attached hydrogens (tertiary/aromatic N) is 1. The number of para-hydroxylation sites is 1. The number of rotatable bonds is 2. The number of aromatic nitrogens is 2. The highest BCUT2D eigenvalue weighted by atomic mass is 15.0. The van der Waals surface area contributed by atoms with Crippen LogP contribution in [0.4, 0.5) is 5.69 Å². The van der Waals surface area contributed by atoms with Crippen molar-refractivity contribution in [3.05, 3.63) is 59.9 Å². The fourth-order valence-electron chi connectivity index (χ4n) is 2.83. The molecule has 0 amide bonds. The van der Waals surface area contributed by atoms with Crippen molar-refractivity contribution in [2.45, 2.75) is 18.3 Å². The molecule has 0 spiro atoms. The number of anilines is 1. The van der Waals surface area contributed by atoms with Crippen molar-refractivity contribution in [3.63, 3.8) is 0 Å². The topological polar surface area (TPSA) is 54.7 Å². The molecule has 19 heavy (non-hydrogen) atoms. The van der Waals surface area contributed by atoms with Gasteiger partial charge in [-0.2, -0.15) is 0 Å². The van der Waals surface area contributed by atoms with Gasteiger partial charge in [0, 0.05) is 0 Å². The first kappa shape index (κ1) is 10.6. The number of fused-ring (bicyclic) bond motifs is 1. The first-order valence-corrected chi connectivity index (χ1v) is 6.60. The van der Waals surface area contributed by atoms with Gasteiger partial charge in [0.25, 0.3) is 0 Å². The lowest BCUT2D eigenvalue weighted by atomic mass is 9.95. The number of nitrogen functional groups attached to an aromatic ring is 1. The third kappa shape index (κ3) is 1.48. The highest BCUT2D eigenvalue weighted by molar-refractivity contribution is 5.87. The predicted molar refractivity (Wildman–Crippen MR) is 77.0 cm³/mol. The quantitative estimate of drug-likeness (QED) is 0.685. The number of benzene rings is 2. The lowest BCUT2D eigenvalue weighted by molar-refractivity contribution is 0.779. The average molecular weight is 249 g/mol. The van der Waals surface area contributed by atoms with Crippen LogP contribution in [0.1, 0.15) is 24.2 Å². The van der Waals surface area contributed by atoms with E-state index in [1.807, 2.05) is 18.2 Å². The molecule has 0 unspecified atom stereocenters. The van der Waals surface area contributed by atoms with E-state index < -0.39 is 0 Å². The molecule has 1 heterocycles. The Balaban J connectivity index is 1.89. The smallest absolute Gasteiger partial charge is 0.118 e. The molecule has 3 N–H and O–H groups in total. The van der Waals surface area contributed by atoms with Gasteiger partial charge in [0.05, 0.1) is 16.6 Å². The lowest BCUT2D eigenvalue weighted by Gasteiger charge is -2.12. The van der Waals surface area contributed by atoms with Gasteiger partial charge < -0.3 is 10.7 Å². The molecule has 3 heteroatoms. The Morgan fingerprint density at radius 1 is 1.00 bits per heavy atom. The molecular formula is C16H15N3. The first-order chi connectivity index (χ1) is 9.29. The van der Waals surface area contributed by atoms with E-state index in [4.69, 9.17) is 10.7 Å². The molecule has 1 saturated carbocycles. The fourth-order valence-corrected chi connectivity index (χ4v) is 2.83. The van der Waals surface area contributed by atoms with Gasteiger partial charge >= 0.3 is 0 Å². The summed E-state index contributed by atoms with van der Waals surface area (Å²) in [6.45, 7) is 0. The summed E-state index contributed by atoms with van der Waals surface area (Å²) in [6.07, 6.45) is 2.30. The van der Waals surface area contributed by atoms with Gasteiger partial charge in [-0.25, -0.2) is 4.98 Å². The number of nitrogens with two attached hydrogens (primary N) is 1. The van der Waals surface area contributed by atoms with Crippen molar-refractivity contribution in [3.8, 4) is 0 Å². The van der Waals surface area contributed by atoms with E-state index in [1.165, 1.54) is 5.56 Å². The van der Waals surface area contributed by atoms with E-state index in [9.17, 15) is 0 Å². The molecule has 1 aromatic heterocycles. The molecule has 0 radical (unpaired) electrons. The third-order valence-corrected chi connectivity index (χ3v) is 4.07. The molecule has 4 rings (SSSR count). The van der Waals surface area contributed by atoms with Crippen LogP contribution >= 0.6 is 0 Å². The molecule has 0 bridgehead atoms. The zero-order chi connectivity index (χ0) is 12.9. The zero-order valence-electron chi connectivity index (χ0n) is 10.6. The monoisotopic (exact) mass is 249 g/mol. The van der Waals surface area contributed by atoms with Crippen LogP contribution in [0.5, 0.6) is 0 Å². The average Bonchev–Trinajstić information content (AvgIpc) is 3.14. The number of aromatic amines is 1. The Bertz CT molecular complexity index is 739. The van der Waals surface area contributed by atoms with Gasteiger partial charge in [-0.05, 0) is 30.5 Å². The summed E-state index contributed by atoms with van der Waals surface area (Å²) in [5.74, 6) is 1.05. The lowest BCUT2D eigenvalue weighted by Crippen LogP contribution is -2.10. The van der Waals surface area contributed by atoms with Gasteiger partial charge in [-0.3, -0.25) is 0 Å². The Labute approximate surface area is 111 Å². The second kappa shape index (κ2) is 3.60. The highest BCUT2D eigenvalue weighted by Gasteiger charge is 2.48. The minimum atomic E-state index is 0.0761. The van der Waals surface area contributed by atoms with Crippen LogP contribution in [-0.4, -0.2) is 9.97 Å². The summed E-state index contributed by atoms with van der Waals surface area (Å²) < 4.78 is 0. The van der Waals surface area contributed by atoms with Gasteiger partial charge in [0.1, 0.15) is 11.3 Å². The third-order valence-electron chi connectivity index (χ3n) is 4.07. The molecule has 3 nitrogen and oxygen atoms in total. The Kier molecular flexibility index (Phi) is 2.01. The van der Waals surface area contributed by atoms with Crippen molar-refractivity contribution < 1.29 is 0 Å². The zero-order valence-corrected chi connectivity index (χ0v) is 10.6. The molecule has 0 saturated heterocycles. The summed E-state index contributed by atoms with van der Waals surface area (Å²) in [5.41, 5.74) is 10.1. The van der Waals surface area contributed by atoms with Crippen LogP contribution < -0.4 is 5.73 Å². The molecular weight excluding hydrogens is 234 g/mol. The van der Waals surface area contributed by atoms with E-state index in [1.54, 1.807) is 0 Å². The number of hydrogen-bond acceptors (Lipinski definition) is 2. The van der Waals surface area contributed by atoms with Gasteiger partial charge in [0.15, 0.2) is 0 Å². The molecule has 1 aliphatic rings. The summed E-state index contributed by atoms with van der Waals surface area (Å²) in [5, 5.41) is 0. The highest BCUT2D eigenvalue weighted by Crippen LogP contribution is 2.52. The maximum atomic E-state index is 5.99. The van der Waals surface area contributed by atoms with E-state index in [2.05, 4.69) is 35.3 Å². The van der Waals surface area contributed by atoms with Crippen molar-refractivity contribution in [1.29, 1.82) is 0 Å². The largest absolute Gasteiger partial charge is 0.397 e. The predicted octanol–water partition coefficient (Wildman–Crippen LogP) is 3.23. The second-order valence-electron chi connectivity index (χ2n) is 5.28.